The molecule has 0 aliphatic rings. The molecule has 1 N–H and O–H groups in total. The molecule has 0 saturated carbocycles. The second kappa shape index (κ2) is 7.17. The van der Waals surface area contributed by atoms with Crippen LogP contribution < -0.4 is 4.74 Å². The Morgan fingerprint density at radius 1 is 1.09 bits per heavy atom. The molecule has 112 valence electrons. The molecule has 2 aromatic rings. The van der Waals surface area contributed by atoms with Crippen LogP contribution in [0.3, 0.4) is 0 Å². The zero-order valence-electron chi connectivity index (χ0n) is 11.6. The van der Waals surface area contributed by atoms with Gasteiger partial charge in [-0.05, 0) is 23.3 Å². The Morgan fingerprint density at radius 2 is 1.82 bits per heavy atom. The molecule has 5 nitrogen and oxygen atoms in total. The summed E-state index contributed by atoms with van der Waals surface area (Å²) in [6.45, 7) is 0.336. The van der Waals surface area contributed by atoms with Gasteiger partial charge in [-0.1, -0.05) is 42.5 Å². The summed E-state index contributed by atoms with van der Waals surface area (Å²) in [5.41, 5.74) is 1.27. The molecule has 22 heavy (non-hydrogen) atoms. The number of aliphatic carboxylic acids is 1. The molecule has 0 saturated heterocycles. The molecule has 0 amide bonds. The van der Waals surface area contributed by atoms with Crippen molar-refractivity contribution in [2.75, 3.05) is 0 Å². The average molecular weight is 298 g/mol. The molecule has 0 bridgehead atoms. The molecule has 0 aromatic heterocycles. The fraction of sp³-hybridized carbons (Fsp3) is 0.118. The average Bonchev–Trinajstić information content (AvgIpc) is 2.55. The maximum Gasteiger partial charge on any atom is 0.373 e. The van der Waals surface area contributed by atoms with Crippen molar-refractivity contribution >= 4 is 18.0 Å². The monoisotopic (exact) mass is 298 g/mol. The Morgan fingerprint density at radius 3 is 2.45 bits per heavy atom. The summed E-state index contributed by atoms with van der Waals surface area (Å²) >= 11 is 0. The summed E-state index contributed by atoms with van der Waals surface area (Å²) in [7, 11) is 0. The van der Waals surface area contributed by atoms with Crippen LogP contribution in [0, 0.1) is 0 Å². The number of carbonyl (C=O) groups excluding carboxylic acids is 2. The van der Waals surface area contributed by atoms with E-state index in [1.165, 1.54) is 12.1 Å². The molecular formula is C17H14O5. The van der Waals surface area contributed by atoms with Crippen molar-refractivity contribution in [1.29, 1.82) is 0 Å². The van der Waals surface area contributed by atoms with Crippen molar-refractivity contribution in [2.24, 2.45) is 0 Å². The number of aldehydes is 1. The van der Waals surface area contributed by atoms with Gasteiger partial charge in [0.1, 0.15) is 24.6 Å². The zero-order valence-corrected chi connectivity index (χ0v) is 11.6. The third kappa shape index (κ3) is 3.79. The van der Waals surface area contributed by atoms with Gasteiger partial charge in [-0.15, -0.1) is 0 Å². The van der Waals surface area contributed by atoms with Gasteiger partial charge in [0.05, 0.1) is 0 Å². The van der Waals surface area contributed by atoms with E-state index in [0.29, 0.717) is 24.2 Å². The van der Waals surface area contributed by atoms with Crippen LogP contribution in [-0.2, 0) is 21.0 Å². The second-order valence-electron chi connectivity index (χ2n) is 4.63. The molecule has 0 heterocycles. The standard InChI is InChI=1S/C17H14O5/c18-10-15(16(19)17(20)21)13-7-4-8-14(9-13)22-11-12-5-2-1-3-6-12/h1-10,15H,11H2,(H,20,21). The van der Waals surface area contributed by atoms with Crippen molar-refractivity contribution in [2.45, 2.75) is 12.5 Å². The smallest absolute Gasteiger partial charge is 0.373 e. The van der Waals surface area contributed by atoms with Crippen LogP contribution in [0.1, 0.15) is 17.0 Å². The summed E-state index contributed by atoms with van der Waals surface area (Å²) < 4.78 is 5.59. The van der Waals surface area contributed by atoms with Crippen molar-refractivity contribution in [3.05, 3.63) is 65.7 Å². The molecule has 0 aliphatic carbocycles. The maximum atomic E-state index is 11.5. The predicted molar refractivity (Wildman–Crippen MR) is 78.7 cm³/mol. The Balaban J connectivity index is 2.13. The number of carboxylic acids is 1. The first-order chi connectivity index (χ1) is 10.6. The number of hydrogen-bond donors (Lipinski definition) is 1. The highest BCUT2D eigenvalue weighted by Gasteiger charge is 2.26. The molecule has 0 spiro atoms. The van der Waals surface area contributed by atoms with E-state index in [4.69, 9.17) is 9.84 Å². The fourth-order valence-corrected chi connectivity index (χ4v) is 1.96. The lowest BCUT2D eigenvalue weighted by atomic mass is 9.96. The van der Waals surface area contributed by atoms with Gasteiger partial charge in [0, 0.05) is 0 Å². The molecule has 1 unspecified atom stereocenters. The highest BCUT2D eigenvalue weighted by Crippen LogP contribution is 2.21. The SMILES string of the molecule is O=CC(C(=O)C(=O)O)c1cccc(OCc2ccccc2)c1. The van der Waals surface area contributed by atoms with E-state index in [-0.39, 0.29) is 0 Å². The van der Waals surface area contributed by atoms with Crippen molar-refractivity contribution in [1.82, 2.24) is 0 Å². The molecule has 2 rings (SSSR count). The van der Waals surface area contributed by atoms with Crippen LogP contribution in [0.4, 0.5) is 0 Å². The normalized spacial score (nSPS) is 11.5. The second-order valence-corrected chi connectivity index (χ2v) is 4.63. The zero-order chi connectivity index (χ0) is 15.9. The van der Waals surface area contributed by atoms with E-state index in [0.717, 1.165) is 5.56 Å². The lowest BCUT2D eigenvalue weighted by Crippen LogP contribution is -2.22. The first-order valence-electron chi connectivity index (χ1n) is 6.61. The topological polar surface area (TPSA) is 80.7 Å². The highest BCUT2D eigenvalue weighted by molar-refractivity contribution is 6.38. The van der Waals surface area contributed by atoms with Crippen molar-refractivity contribution in [3.63, 3.8) is 0 Å². The predicted octanol–water partition coefficient (Wildman–Crippen LogP) is 2.20. The number of carbonyl (C=O) groups is 3. The van der Waals surface area contributed by atoms with Crippen LogP contribution in [0.15, 0.2) is 54.6 Å². The molecule has 5 heteroatoms. The quantitative estimate of drug-likeness (QED) is 0.481. The van der Waals surface area contributed by atoms with E-state index in [1.54, 1.807) is 12.1 Å². The van der Waals surface area contributed by atoms with Gasteiger partial charge in [0.15, 0.2) is 0 Å². The van der Waals surface area contributed by atoms with Crippen LogP contribution in [0.5, 0.6) is 5.75 Å². The summed E-state index contributed by atoms with van der Waals surface area (Å²) in [4.78, 5) is 33.2. The Bertz CT molecular complexity index is 678. The minimum Gasteiger partial charge on any atom is -0.489 e. The molecule has 0 radical (unpaired) electrons. The van der Waals surface area contributed by atoms with Gasteiger partial charge in [-0.3, -0.25) is 4.79 Å². The third-order valence-corrected chi connectivity index (χ3v) is 3.09. The van der Waals surface area contributed by atoms with Gasteiger partial charge in [0.2, 0.25) is 0 Å². The minimum absolute atomic E-state index is 0.299. The number of ketones is 1. The summed E-state index contributed by atoms with van der Waals surface area (Å²) in [6, 6.07) is 15.8. The van der Waals surface area contributed by atoms with Gasteiger partial charge in [-0.25, -0.2) is 4.79 Å². The van der Waals surface area contributed by atoms with Crippen LogP contribution in [0.2, 0.25) is 0 Å². The number of carboxylic acid groups (broad SMARTS) is 1. The molecule has 0 fully saturated rings. The Kier molecular flexibility index (Phi) is 5.03. The van der Waals surface area contributed by atoms with E-state index in [2.05, 4.69) is 0 Å². The molecule has 0 aliphatic heterocycles. The highest BCUT2D eigenvalue weighted by atomic mass is 16.5. The van der Waals surface area contributed by atoms with E-state index in [1.807, 2.05) is 30.3 Å². The number of Topliss-reactive ketones (excluding diaryl/α,β-unsaturated/α-hetero) is 1. The largest absolute Gasteiger partial charge is 0.489 e. The molecular weight excluding hydrogens is 284 g/mol. The molecule has 1 atom stereocenters. The number of benzene rings is 2. The van der Waals surface area contributed by atoms with Crippen LogP contribution >= 0.6 is 0 Å². The number of ether oxygens (including phenoxy) is 1. The van der Waals surface area contributed by atoms with E-state index < -0.39 is 17.7 Å². The van der Waals surface area contributed by atoms with Crippen LogP contribution in [-0.4, -0.2) is 23.1 Å². The number of rotatable bonds is 7. The summed E-state index contributed by atoms with van der Waals surface area (Å²) in [5, 5.41) is 8.73. The molecule has 2 aromatic carbocycles. The van der Waals surface area contributed by atoms with Crippen LogP contribution in [0.25, 0.3) is 0 Å². The van der Waals surface area contributed by atoms with E-state index >= 15 is 0 Å². The van der Waals surface area contributed by atoms with Gasteiger partial charge in [0.25, 0.3) is 5.78 Å². The third-order valence-electron chi connectivity index (χ3n) is 3.09. The lowest BCUT2D eigenvalue weighted by Gasteiger charge is -2.10. The van der Waals surface area contributed by atoms with Gasteiger partial charge >= 0.3 is 5.97 Å². The van der Waals surface area contributed by atoms with Gasteiger partial charge in [-0.2, -0.15) is 0 Å². The Labute approximate surface area is 127 Å². The maximum absolute atomic E-state index is 11.5. The minimum atomic E-state index is -1.63. The first-order valence-corrected chi connectivity index (χ1v) is 6.61. The van der Waals surface area contributed by atoms with Crippen molar-refractivity contribution < 1.29 is 24.2 Å². The number of hydrogen-bond acceptors (Lipinski definition) is 4. The summed E-state index contributed by atoms with van der Waals surface area (Å²) in [5.74, 6) is -3.65. The lowest BCUT2D eigenvalue weighted by molar-refractivity contribution is -0.150. The Hall–Kier alpha value is -2.95. The summed E-state index contributed by atoms with van der Waals surface area (Å²) in [6.07, 6.45) is 0.326. The first kappa shape index (κ1) is 15.4. The van der Waals surface area contributed by atoms with E-state index in [9.17, 15) is 14.4 Å². The van der Waals surface area contributed by atoms with Crippen molar-refractivity contribution in [3.8, 4) is 5.75 Å². The fourth-order valence-electron chi connectivity index (χ4n) is 1.96. The van der Waals surface area contributed by atoms with Gasteiger partial charge < -0.3 is 14.6 Å².